The zero-order chi connectivity index (χ0) is 25.0. The van der Waals surface area contributed by atoms with Gasteiger partial charge in [-0.2, -0.15) is 0 Å². The number of carboxylic acid groups (broad SMARTS) is 1. The number of aliphatic carboxylic acids is 1. The Morgan fingerprint density at radius 2 is 1.71 bits per heavy atom. The molecule has 1 fully saturated rings. The largest absolute Gasteiger partial charge is 0.479 e. The minimum absolute atomic E-state index is 0.0907. The van der Waals surface area contributed by atoms with Crippen LogP contribution in [0.1, 0.15) is 30.4 Å². The predicted octanol–water partition coefficient (Wildman–Crippen LogP) is 2.54. The molecule has 2 aromatic rings. The van der Waals surface area contributed by atoms with Gasteiger partial charge < -0.3 is 30.0 Å². The van der Waals surface area contributed by atoms with E-state index >= 15 is 0 Å². The first kappa shape index (κ1) is 24.7. The van der Waals surface area contributed by atoms with Crippen LogP contribution in [0.5, 0.6) is 0 Å². The van der Waals surface area contributed by atoms with Crippen molar-refractivity contribution in [1.29, 1.82) is 0 Å². The molecule has 0 aromatic heterocycles. The molecule has 1 aliphatic heterocycles. The van der Waals surface area contributed by atoms with Crippen molar-refractivity contribution in [2.24, 2.45) is 5.92 Å². The first-order chi connectivity index (χ1) is 16.8. The van der Waals surface area contributed by atoms with Crippen LogP contribution in [0.4, 0.5) is 4.79 Å². The minimum atomic E-state index is -1.41. The fraction of sp³-hybridized carbons (Fsp3) is 0.423. The molecule has 4 rings (SSSR count). The summed E-state index contributed by atoms with van der Waals surface area (Å²) in [6.07, 6.45) is -1.17. The molecule has 0 radical (unpaired) electrons. The lowest BCUT2D eigenvalue weighted by Crippen LogP contribution is -2.60. The highest BCUT2D eigenvalue weighted by Gasteiger charge is 2.39. The summed E-state index contributed by atoms with van der Waals surface area (Å²) >= 11 is 0. The van der Waals surface area contributed by atoms with Crippen LogP contribution in [0.2, 0.25) is 0 Å². The number of carbonyl (C=O) groups is 3. The molecule has 3 N–H and O–H groups in total. The van der Waals surface area contributed by atoms with Crippen molar-refractivity contribution in [1.82, 2.24) is 10.6 Å². The van der Waals surface area contributed by atoms with Crippen LogP contribution < -0.4 is 10.6 Å². The number of alkyl carbamates (subject to hydrolysis) is 1. The molecular weight excluding hydrogens is 452 g/mol. The summed E-state index contributed by atoms with van der Waals surface area (Å²) in [7, 11) is 1.43. The van der Waals surface area contributed by atoms with Gasteiger partial charge in [0.05, 0.1) is 6.61 Å². The Morgan fingerprint density at radius 3 is 2.31 bits per heavy atom. The van der Waals surface area contributed by atoms with Crippen molar-refractivity contribution in [2.75, 3.05) is 33.5 Å². The number of rotatable bonds is 9. The number of benzene rings is 2. The molecule has 1 saturated heterocycles. The van der Waals surface area contributed by atoms with E-state index in [9.17, 15) is 19.5 Å². The molecule has 3 unspecified atom stereocenters. The quantitative estimate of drug-likeness (QED) is 0.502. The lowest BCUT2D eigenvalue weighted by Gasteiger charge is -2.29. The molecule has 9 nitrogen and oxygen atoms in total. The molecular formula is C26H30N2O7. The molecule has 186 valence electrons. The maximum Gasteiger partial charge on any atom is 0.408 e. The molecule has 2 amide bonds. The summed E-state index contributed by atoms with van der Waals surface area (Å²) in [6.45, 7) is 2.00. The molecule has 2 aromatic carbocycles. The van der Waals surface area contributed by atoms with Crippen molar-refractivity contribution in [3.05, 3.63) is 59.7 Å². The molecule has 9 heteroatoms. The van der Waals surface area contributed by atoms with E-state index in [-0.39, 0.29) is 31.6 Å². The number of amides is 2. The van der Waals surface area contributed by atoms with Crippen LogP contribution in [0.3, 0.4) is 0 Å². The van der Waals surface area contributed by atoms with Gasteiger partial charge in [0.1, 0.15) is 12.1 Å². The van der Waals surface area contributed by atoms with E-state index in [2.05, 4.69) is 22.8 Å². The summed E-state index contributed by atoms with van der Waals surface area (Å²) in [5, 5.41) is 14.6. The Hall–Kier alpha value is -3.43. The zero-order valence-corrected chi connectivity index (χ0v) is 19.8. The van der Waals surface area contributed by atoms with E-state index in [0.29, 0.717) is 13.0 Å². The van der Waals surface area contributed by atoms with E-state index < -0.39 is 29.6 Å². The number of fused-ring (bicyclic) bond motifs is 3. The van der Waals surface area contributed by atoms with Crippen LogP contribution in [0.15, 0.2) is 48.5 Å². The summed E-state index contributed by atoms with van der Waals surface area (Å²) in [4.78, 5) is 37.0. The lowest BCUT2D eigenvalue weighted by molar-refractivity contribution is -0.149. The van der Waals surface area contributed by atoms with Gasteiger partial charge in [-0.25, -0.2) is 9.59 Å². The van der Waals surface area contributed by atoms with Crippen molar-refractivity contribution in [2.45, 2.75) is 30.9 Å². The van der Waals surface area contributed by atoms with Gasteiger partial charge in [-0.3, -0.25) is 4.79 Å². The summed E-state index contributed by atoms with van der Waals surface area (Å²) in [5.41, 5.74) is 3.01. The standard InChI is InChI=1S/C26H30N2O7/c1-26(15-33-2,24(31)27-13-16-11-12-34-22(16)23(29)30)28-25(32)35-14-21-19-9-5-3-7-17(19)18-8-4-6-10-20(18)21/h3-10,16,21-22H,11-15H2,1-2H3,(H,27,31)(H,28,32)(H,29,30). The lowest BCUT2D eigenvalue weighted by atomic mass is 9.98. The van der Waals surface area contributed by atoms with Crippen LogP contribution in [0, 0.1) is 5.92 Å². The highest BCUT2D eigenvalue weighted by Crippen LogP contribution is 2.44. The number of hydrogen-bond donors (Lipinski definition) is 3. The van der Waals surface area contributed by atoms with E-state index in [4.69, 9.17) is 14.2 Å². The molecule has 1 aliphatic carbocycles. The molecule has 2 aliphatic rings. The third-order valence-corrected chi connectivity index (χ3v) is 6.64. The van der Waals surface area contributed by atoms with E-state index in [1.807, 2.05) is 36.4 Å². The van der Waals surface area contributed by atoms with Gasteiger partial charge in [0.25, 0.3) is 0 Å². The molecule has 0 spiro atoms. The predicted molar refractivity (Wildman–Crippen MR) is 127 cm³/mol. The number of carboxylic acids is 1. The Kier molecular flexibility index (Phi) is 7.37. The van der Waals surface area contributed by atoms with Crippen molar-refractivity contribution >= 4 is 18.0 Å². The maximum atomic E-state index is 13.0. The van der Waals surface area contributed by atoms with Crippen LogP contribution in [-0.2, 0) is 23.8 Å². The second kappa shape index (κ2) is 10.5. The fourth-order valence-electron chi connectivity index (χ4n) is 4.84. The second-order valence-corrected chi connectivity index (χ2v) is 9.10. The van der Waals surface area contributed by atoms with Gasteiger partial charge in [-0.15, -0.1) is 0 Å². The summed E-state index contributed by atoms with van der Waals surface area (Å²) in [6, 6.07) is 16.1. The van der Waals surface area contributed by atoms with Crippen molar-refractivity contribution in [3.8, 4) is 11.1 Å². The topological polar surface area (TPSA) is 123 Å². The highest BCUT2D eigenvalue weighted by atomic mass is 16.5. The molecule has 0 saturated carbocycles. The zero-order valence-electron chi connectivity index (χ0n) is 19.8. The Bertz CT molecular complexity index is 1060. The van der Waals surface area contributed by atoms with E-state index in [1.54, 1.807) is 0 Å². The van der Waals surface area contributed by atoms with Gasteiger partial charge in [0, 0.05) is 32.1 Å². The maximum absolute atomic E-state index is 13.0. The number of ether oxygens (including phenoxy) is 3. The third-order valence-electron chi connectivity index (χ3n) is 6.64. The second-order valence-electron chi connectivity index (χ2n) is 9.10. The van der Waals surface area contributed by atoms with Crippen LogP contribution in [-0.4, -0.2) is 68.2 Å². The highest BCUT2D eigenvalue weighted by molar-refractivity contribution is 5.90. The fourth-order valence-corrected chi connectivity index (χ4v) is 4.84. The van der Waals surface area contributed by atoms with Crippen LogP contribution >= 0.6 is 0 Å². The average molecular weight is 483 g/mol. The monoisotopic (exact) mass is 482 g/mol. The minimum Gasteiger partial charge on any atom is -0.479 e. The molecule has 0 bridgehead atoms. The van der Waals surface area contributed by atoms with Gasteiger partial charge >= 0.3 is 12.1 Å². The number of hydrogen-bond acceptors (Lipinski definition) is 6. The molecule has 3 atom stereocenters. The average Bonchev–Trinajstić information content (AvgIpc) is 3.44. The first-order valence-corrected chi connectivity index (χ1v) is 11.6. The Morgan fingerprint density at radius 1 is 1.09 bits per heavy atom. The third kappa shape index (κ3) is 5.16. The van der Waals surface area contributed by atoms with Crippen molar-refractivity contribution < 1.29 is 33.7 Å². The Labute approximate surface area is 203 Å². The summed E-state index contributed by atoms with van der Waals surface area (Å²) in [5.74, 6) is -2.01. The number of methoxy groups -OCH3 is 1. The number of carbonyl (C=O) groups excluding carboxylic acids is 2. The molecule has 1 heterocycles. The summed E-state index contributed by atoms with van der Waals surface area (Å²) < 4.78 is 16.0. The van der Waals surface area contributed by atoms with Gasteiger partial charge in [-0.05, 0) is 35.6 Å². The van der Waals surface area contributed by atoms with E-state index in [1.165, 1.54) is 14.0 Å². The van der Waals surface area contributed by atoms with Gasteiger partial charge in [-0.1, -0.05) is 48.5 Å². The van der Waals surface area contributed by atoms with E-state index in [0.717, 1.165) is 22.3 Å². The van der Waals surface area contributed by atoms with Crippen molar-refractivity contribution in [3.63, 3.8) is 0 Å². The first-order valence-electron chi connectivity index (χ1n) is 11.6. The number of nitrogens with one attached hydrogen (secondary N) is 2. The van der Waals surface area contributed by atoms with Gasteiger partial charge in [0.2, 0.25) is 5.91 Å². The molecule has 35 heavy (non-hydrogen) atoms. The smallest absolute Gasteiger partial charge is 0.408 e. The SMILES string of the molecule is COCC(C)(NC(=O)OCC1c2ccccc2-c2ccccc21)C(=O)NCC1CCOC1C(=O)O. The normalized spacial score (nSPS) is 20.4. The Balaban J connectivity index is 1.38. The van der Waals surface area contributed by atoms with Gasteiger partial charge in [0.15, 0.2) is 6.10 Å². The van der Waals surface area contributed by atoms with Crippen LogP contribution in [0.25, 0.3) is 11.1 Å².